The number of nitrogens with zero attached hydrogens (tertiary/aromatic N) is 1. The van der Waals surface area contributed by atoms with Crippen molar-refractivity contribution < 1.29 is 14.2 Å². The van der Waals surface area contributed by atoms with E-state index in [9.17, 15) is 0 Å². The highest BCUT2D eigenvalue weighted by Gasteiger charge is 2.03. The largest absolute Gasteiger partial charge is 0.492 e. The molecule has 18 heavy (non-hydrogen) atoms. The molecule has 1 aliphatic rings. The molecule has 1 aromatic rings. The van der Waals surface area contributed by atoms with E-state index < -0.39 is 0 Å². The molecule has 0 spiro atoms. The number of hydrogen-bond donors (Lipinski definition) is 0. The van der Waals surface area contributed by atoms with Gasteiger partial charge in [0.1, 0.15) is 18.6 Å². The van der Waals surface area contributed by atoms with E-state index in [2.05, 4.69) is 4.99 Å². The van der Waals surface area contributed by atoms with Crippen LogP contribution in [0, 0.1) is 0 Å². The highest BCUT2D eigenvalue weighted by atomic mass is 16.5. The quantitative estimate of drug-likeness (QED) is 0.800. The first-order chi connectivity index (χ1) is 8.88. The van der Waals surface area contributed by atoms with Crippen molar-refractivity contribution in [2.24, 2.45) is 4.99 Å². The number of hydrogen-bond acceptors (Lipinski definition) is 4. The SMILES string of the molecule is COC1=COC(COCc2ccccc2)=CN=C1. The zero-order valence-electron chi connectivity index (χ0n) is 10.2. The third-order valence-electron chi connectivity index (χ3n) is 2.34. The fourth-order valence-electron chi connectivity index (χ4n) is 1.40. The minimum absolute atomic E-state index is 0.375. The number of methoxy groups -OCH3 is 1. The molecule has 0 radical (unpaired) electrons. The van der Waals surface area contributed by atoms with E-state index in [0.29, 0.717) is 24.7 Å². The van der Waals surface area contributed by atoms with Gasteiger partial charge in [-0.2, -0.15) is 0 Å². The van der Waals surface area contributed by atoms with Gasteiger partial charge in [-0.1, -0.05) is 30.3 Å². The van der Waals surface area contributed by atoms with Crippen LogP contribution in [0.5, 0.6) is 0 Å². The van der Waals surface area contributed by atoms with E-state index in [-0.39, 0.29) is 0 Å². The molecule has 0 fully saturated rings. The van der Waals surface area contributed by atoms with Gasteiger partial charge >= 0.3 is 0 Å². The Bertz CT molecular complexity index is 463. The molecule has 0 aliphatic carbocycles. The van der Waals surface area contributed by atoms with Gasteiger partial charge in [0, 0.05) is 0 Å². The molecule has 0 saturated heterocycles. The van der Waals surface area contributed by atoms with Gasteiger partial charge in [-0.05, 0) is 5.56 Å². The van der Waals surface area contributed by atoms with Gasteiger partial charge in [0.2, 0.25) is 0 Å². The summed E-state index contributed by atoms with van der Waals surface area (Å²) in [5.41, 5.74) is 1.13. The van der Waals surface area contributed by atoms with E-state index in [0.717, 1.165) is 5.56 Å². The van der Waals surface area contributed by atoms with Crippen molar-refractivity contribution >= 4 is 6.21 Å². The summed E-state index contributed by atoms with van der Waals surface area (Å²) in [6.45, 7) is 0.922. The van der Waals surface area contributed by atoms with Crippen LogP contribution >= 0.6 is 0 Å². The van der Waals surface area contributed by atoms with Crippen LogP contribution in [-0.2, 0) is 20.8 Å². The summed E-state index contributed by atoms with van der Waals surface area (Å²) in [6, 6.07) is 9.98. The lowest BCUT2D eigenvalue weighted by molar-refractivity contribution is 0.110. The lowest BCUT2D eigenvalue weighted by Crippen LogP contribution is -2.00. The summed E-state index contributed by atoms with van der Waals surface area (Å²) in [6.07, 6.45) is 4.71. The molecule has 1 aromatic carbocycles. The number of benzene rings is 1. The topological polar surface area (TPSA) is 40.0 Å². The molecule has 4 nitrogen and oxygen atoms in total. The Hall–Kier alpha value is -2.07. The molecule has 0 saturated carbocycles. The Balaban J connectivity index is 1.80. The summed E-state index contributed by atoms with van der Waals surface area (Å²) >= 11 is 0. The minimum Gasteiger partial charge on any atom is -0.492 e. The number of ether oxygens (including phenoxy) is 3. The minimum atomic E-state index is 0.375. The highest BCUT2D eigenvalue weighted by Crippen LogP contribution is 2.08. The van der Waals surface area contributed by atoms with Gasteiger partial charge in [-0.15, -0.1) is 0 Å². The lowest BCUT2D eigenvalue weighted by Gasteiger charge is -2.06. The smallest absolute Gasteiger partial charge is 0.172 e. The zero-order valence-corrected chi connectivity index (χ0v) is 10.2. The first kappa shape index (κ1) is 12.4. The van der Waals surface area contributed by atoms with Crippen molar-refractivity contribution in [3.63, 3.8) is 0 Å². The molecule has 2 rings (SSSR count). The zero-order chi connectivity index (χ0) is 12.6. The van der Waals surface area contributed by atoms with Crippen LogP contribution in [0.3, 0.4) is 0 Å². The van der Waals surface area contributed by atoms with Crippen molar-refractivity contribution in [1.82, 2.24) is 0 Å². The molecule has 1 heterocycles. The van der Waals surface area contributed by atoms with Crippen molar-refractivity contribution in [3.05, 3.63) is 59.9 Å². The van der Waals surface area contributed by atoms with E-state index >= 15 is 0 Å². The number of aliphatic imine (C=N–C) groups is 1. The average Bonchev–Trinajstić information content (AvgIpc) is 2.65. The molecule has 94 valence electrons. The van der Waals surface area contributed by atoms with Gasteiger partial charge in [0.15, 0.2) is 5.76 Å². The first-order valence-corrected chi connectivity index (χ1v) is 5.63. The van der Waals surface area contributed by atoms with Gasteiger partial charge < -0.3 is 14.2 Å². The standard InChI is InChI=1S/C14H15NO3/c1-16-13-7-15-8-14(18-11-13)10-17-9-12-5-3-2-4-6-12/h2-8,11H,9-10H2,1H3. The van der Waals surface area contributed by atoms with E-state index in [1.54, 1.807) is 19.5 Å². The van der Waals surface area contributed by atoms with Crippen molar-refractivity contribution in [1.29, 1.82) is 0 Å². The highest BCUT2D eigenvalue weighted by molar-refractivity contribution is 5.76. The second-order valence-electron chi connectivity index (χ2n) is 3.69. The molecule has 4 heteroatoms. The Kier molecular flexibility index (Phi) is 4.55. The number of allylic oxidation sites excluding steroid dienone is 1. The average molecular weight is 245 g/mol. The van der Waals surface area contributed by atoms with Crippen molar-refractivity contribution in [3.8, 4) is 0 Å². The Morgan fingerprint density at radius 1 is 1.17 bits per heavy atom. The van der Waals surface area contributed by atoms with Crippen LogP contribution in [0.4, 0.5) is 0 Å². The van der Waals surface area contributed by atoms with Crippen LogP contribution in [0.25, 0.3) is 0 Å². The van der Waals surface area contributed by atoms with Gasteiger partial charge in [-0.25, -0.2) is 0 Å². The summed E-state index contributed by atoms with van der Waals surface area (Å²) in [5, 5.41) is 0. The summed E-state index contributed by atoms with van der Waals surface area (Å²) < 4.78 is 15.9. The molecule has 0 bridgehead atoms. The van der Waals surface area contributed by atoms with Crippen LogP contribution < -0.4 is 0 Å². The van der Waals surface area contributed by atoms with E-state index in [1.165, 1.54) is 6.26 Å². The maximum absolute atomic E-state index is 5.55. The van der Waals surface area contributed by atoms with Gasteiger partial charge in [0.05, 0.1) is 26.1 Å². The third-order valence-corrected chi connectivity index (χ3v) is 2.34. The normalized spacial score (nSPS) is 14.3. The van der Waals surface area contributed by atoms with E-state index in [4.69, 9.17) is 14.2 Å². The molecule has 0 amide bonds. The molecule has 0 N–H and O–H groups in total. The monoisotopic (exact) mass is 245 g/mol. The fourth-order valence-corrected chi connectivity index (χ4v) is 1.40. The summed E-state index contributed by atoms with van der Waals surface area (Å²) in [5.74, 6) is 1.22. The molecule has 0 unspecified atom stereocenters. The lowest BCUT2D eigenvalue weighted by atomic mass is 10.2. The molecular formula is C14H15NO3. The predicted molar refractivity (Wildman–Crippen MR) is 68.9 cm³/mol. The predicted octanol–water partition coefficient (Wildman–Crippen LogP) is 2.63. The van der Waals surface area contributed by atoms with Crippen LogP contribution in [0.2, 0.25) is 0 Å². The second-order valence-corrected chi connectivity index (χ2v) is 3.69. The van der Waals surface area contributed by atoms with Crippen molar-refractivity contribution in [2.75, 3.05) is 13.7 Å². The van der Waals surface area contributed by atoms with Crippen LogP contribution in [-0.4, -0.2) is 19.9 Å². The second kappa shape index (κ2) is 6.61. The summed E-state index contributed by atoms with van der Waals surface area (Å²) in [4.78, 5) is 4.04. The maximum Gasteiger partial charge on any atom is 0.172 e. The van der Waals surface area contributed by atoms with Crippen molar-refractivity contribution in [2.45, 2.75) is 6.61 Å². The van der Waals surface area contributed by atoms with Gasteiger partial charge in [0.25, 0.3) is 0 Å². The fraction of sp³-hybridized carbons (Fsp3) is 0.214. The number of rotatable bonds is 5. The molecule has 0 aromatic heterocycles. The Labute approximate surface area is 106 Å². The third kappa shape index (κ3) is 3.75. The maximum atomic E-state index is 5.55. The molecular weight excluding hydrogens is 230 g/mol. The van der Waals surface area contributed by atoms with Gasteiger partial charge in [-0.3, -0.25) is 4.99 Å². The molecule has 1 aliphatic heterocycles. The Morgan fingerprint density at radius 2 is 2.00 bits per heavy atom. The van der Waals surface area contributed by atoms with E-state index in [1.807, 2.05) is 30.3 Å². The Morgan fingerprint density at radius 3 is 2.78 bits per heavy atom. The van der Waals surface area contributed by atoms with Crippen LogP contribution in [0.15, 0.2) is 59.3 Å². The molecule has 0 atom stereocenters. The first-order valence-electron chi connectivity index (χ1n) is 5.63. The summed E-state index contributed by atoms with van der Waals surface area (Å²) in [7, 11) is 1.57. The van der Waals surface area contributed by atoms with Crippen LogP contribution in [0.1, 0.15) is 5.56 Å².